The van der Waals surface area contributed by atoms with Crippen LogP contribution >= 0.6 is 0 Å². The Morgan fingerprint density at radius 1 is 1.25 bits per heavy atom. The van der Waals surface area contributed by atoms with Gasteiger partial charge >= 0.3 is 0 Å². The minimum absolute atomic E-state index is 0.151. The second kappa shape index (κ2) is 8.24. The summed E-state index contributed by atoms with van der Waals surface area (Å²) in [4.78, 5) is 27.6. The normalized spacial score (nSPS) is 12.1. The molecule has 128 valence electrons. The van der Waals surface area contributed by atoms with Gasteiger partial charge in [0.05, 0.1) is 0 Å². The van der Waals surface area contributed by atoms with Crippen molar-refractivity contribution in [2.75, 3.05) is 0 Å². The van der Waals surface area contributed by atoms with Crippen molar-refractivity contribution in [3.8, 4) is 11.4 Å². The number of rotatable bonds is 8. The zero-order valence-corrected chi connectivity index (χ0v) is 13.9. The molecule has 0 saturated heterocycles. The van der Waals surface area contributed by atoms with Crippen LogP contribution in [0.5, 0.6) is 0 Å². The summed E-state index contributed by atoms with van der Waals surface area (Å²) in [6, 6.07) is 8.78. The number of nitrogens with one attached hydrogen (secondary N) is 1. The molecule has 1 aromatic heterocycles. The lowest BCUT2D eigenvalue weighted by Gasteiger charge is -2.17. The number of nitrogens with zero attached hydrogens (tertiary/aromatic N) is 2. The Kier molecular flexibility index (Phi) is 6.06. The zero-order valence-electron chi connectivity index (χ0n) is 13.9. The first kappa shape index (κ1) is 17.7. The van der Waals surface area contributed by atoms with Crippen molar-refractivity contribution in [1.29, 1.82) is 0 Å². The van der Waals surface area contributed by atoms with Gasteiger partial charge in [0.2, 0.25) is 23.5 Å². The van der Waals surface area contributed by atoms with E-state index in [0.717, 1.165) is 5.56 Å². The maximum atomic E-state index is 12.0. The van der Waals surface area contributed by atoms with E-state index in [-0.39, 0.29) is 18.2 Å². The van der Waals surface area contributed by atoms with Gasteiger partial charge in [-0.25, -0.2) is 0 Å². The predicted octanol–water partition coefficient (Wildman–Crippen LogP) is 1.69. The zero-order chi connectivity index (χ0) is 17.5. The van der Waals surface area contributed by atoms with Crippen LogP contribution in [0.2, 0.25) is 0 Å². The van der Waals surface area contributed by atoms with E-state index in [9.17, 15) is 9.59 Å². The molecule has 0 aliphatic rings. The van der Waals surface area contributed by atoms with Crippen LogP contribution in [0.3, 0.4) is 0 Å². The Balaban J connectivity index is 1.88. The van der Waals surface area contributed by atoms with Crippen molar-refractivity contribution >= 4 is 11.8 Å². The Labute approximate surface area is 140 Å². The largest absolute Gasteiger partial charge is 0.368 e. The van der Waals surface area contributed by atoms with Gasteiger partial charge in [-0.15, -0.1) is 0 Å². The molecule has 0 bridgehead atoms. The van der Waals surface area contributed by atoms with Crippen molar-refractivity contribution in [1.82, 2.24) is 15.5 Å². The standard InChI is InChI=1S/C17H22N4O3/c1-11(2)10-13(16(18)23)19-14(22)8-9-15-20-17(21-24-15)12-6-4-3-5-7-12/h3-7,11,13H,8-10H2,1-2H3,(H2,18,23)(H,19,22). The molecular weight excluding hydrogens is 308 g/mol. The van der Waals surface area contributed by atoms with E-state index in [2.05, 4.69) is 15.5 Å². The smallest absolute Gasteiger partial charge is 0.240 e. The molecule has 1 aromatic carbocycles. The second-order valence-corrected chi connectivity index (χ2v) is 6.03. The summed E-state index contributed by atoms with van der Waals surface area (Å²) in [5.41, 5.74) is 6.16. The molecule has 1 heterocycles. The van der Waals surface area contributed by atoms with Crippen LogP contribution in [0.15, 0.2) is 34.9 Å². The number of hydrogen-bond acceptors (Lipinski definition) is 5. The molecule has 1 unspecified atom stereocenters. The summed E-state index contributed by atoms with van der Waals surface area (Å²) < 4.78 is 5.15. The van der Waals surface area contributed by atoms with Gasteiger partial charge in [0, 0.05) is 18.4 Å². The van der Waals surface area contributed by atoms with E-state index < -0.39 is 11.9 Å². The molecule has 0 saturated carbocycles. The quantitative estimate of drug-likeness (QED) is 0.765. The summed E-state index contributed by atoms with van der Waals surface area (Å²) in [6.45, 7) is 3.93. The van der Waals surface area contributed by atoms with Crippen molar-refractivity contribution in [2.24, 2.45) is 11.7 Å². The fraction of sp³-hybridized carbons (Fsp3) is 0.412. The van der Waals surface area contributed by atoms with Crippen LogP contribution in [0.4, 0.5) is 0 Å². The Bertz CT molecular complexity index is 682. The third-order valence-electron chi connectivity index (χ3n) is 3.45. The van der Waals surface area contributed by atoms with Crippen LogP contribution in [0, 0.1) is 5.92 Å². The molecule has 0 radical (unpaired) electrons. The molecule has 3 N–H and O–H groups in total. The van der Waals surface area contributed by atoms with Crippen LogP contribution in [0.25, 0.3) is 11.4 Å². The van der Waals surface area contributed by atoms with Crippen LogP contribution in [-0.2, 0) is 16.0 Å². The summed E-state index contributed by atoms with van der Waals surface area (Å²) in [6.07, 6.45) is 0.969. The minimum atomic E-state index is -0.653. The van der Waals surface area contributed by atoms with Crippen LogP contribution < -0.4 is 11.1 Å². The second-order valence-electron chi connectivity index (χ2n) is 6.03. The molecule has 0 spiro atoms. The van der Waals surface area contributed by atoms with Gasteiger partial charge < -0.3 is 15.6 Å². The summed E-state index contributed by atoms with van der Waals surface area (Å²) in [7, 11) is 0. The Morgan fingerprint density at radius 2 is 1.96 bits per heavy atom. The highest BCUT2D eigenvalue weighted by Gasteiger charge is 2.19. The number of carbonyl (C=O) groups excluding carboxylic acids is 2. The average Bonchev–Trinajstić information content (AvgIpc) is 3.01. The lowest BCUT2D eigenvalue weighted by atomic mass is 10.0. The number of aryl methyl sites for hydroxylation is 1. The highest BCUT2D eigenvalue weighted by molar-refractivity contribution is 5.86. The van der Waals surface area contributed by atoms with Gasteiger partial charge in [0.15, 0.2) is 0 Å². The first-order chi connectivity index (χ1) is 11.5. The summed E-state index contributed by atoms with van der Waals surface area (Å²) in [5, 5.41) is 6.55. The maximum absolute atomic E-state index is 12.0. The summed E-state index contributed by atoms with van der Waals surface area (Å²) in [5.74, 6) is 0.330. The minimum Gasteiger partial charge on any atom is -0.368 e. The Morgan fingerprint density at radius 3 is 2.58 bits per heavy atom. The highest BCUT2D eigenvalue weighted by atomic mass is 16.5. The lowest BCUT2D eigenvalue weighted by molar-refractivity contribution is -0.127. The molecule has 7 heteroatoms. The fourth-order valence-electron chi connectivity index (χ4n) is 2.27. The van der Waals surface area contributed by atoms with Gasteiger partial charge in [-0.2, -0.15) is 4.98 Å². The Hall–Kier alpha value is -2.70. The number of carbonyl (C=O) groups is 2. The molecule has 2 rings (SSSR count). The van der Waals surface area contributed by atoms with Gasteiger partial charge in [-0.3, -0.25) is 9.59 Å². The molecule has 7 nitrogen and oxygen atoms in total. The number of primary amides is 1. The molecular formula is C17H22N4O3. The topological polar surface area (TPSA) is 111 Å². The number of nitrogens with two attached hydrogens (primary N) is 1. The number of hydrogen-bond donors (Lipinski definition) is 2. The van der Waals surface area contributed by atoms with Crippen molar-refractivity contribution < 1.29 is 14.1 Å². The first-order valence-electron chi connectivity index (χ1n) is 7.92. The molecule has 1 atom stereocenters. The number of benzene rings is 1. The van der Waals surface area contributed by atoms with Crippen LogP contribution in [0.1, 0.15) is 32.6 Å². The lowest BCUT2D eigenvalue weighted by Crippen LogP contribution is -2.45. The summed E-state index contributed by atoms with van der Waals surface area (Å²) >= 11 is 0. The number of amides is 2. The van der Waals surface area contributed by atoms with E-state index in [4.69, 9.17) is 10.3 Å². The van der Waals surface area contributed by atoms with E-state index in [1.165, 1.54) is 0 Å². The van der Waals surface area contributed by atoms with Crippen molar-refractivity contribution in [3.63, 3.8) is 0 Å². The van der Waals surface area contributed by atoms with Gasteiger partial charge in [0.25, 0.3) is 0 Å². The first-order valence-corrected chi connectivity index (χ1v) is 7.92. The highest BCUT2D eigenvalue weighted by Crippen LogP contribution is 2.15. The third-order valence-corrected chi connectivity index (χ3v) is 3.45. The molecule has 2 amide bonds. The van der Waals surface area contributed by atoms with E-state index in [0.29, 0.717) is 24.6 Å². The van der Waals surface area contributed by atoms with Crippen LogP contribution in [-0.4, -0.2) is 28.0 Å². The molecule has 0 aliphatic heterocycles. The van der Waals surface area contributed by atoms with E-state index in [1.54, 1.807) is 0 Å². The van der Waals surface area contributed by atoms with E-state index in [1.807, 2.05) is 44.2 Å². The molecule has 2 aromatic rings. The van der Waals surface area contributed by atoms with Crippen molar-refractivity contribution in [3.05, 3.63) is 36.2 Å². The third kappa shape index (κ3) is 5.19. The molecule has 0 aliphatic carbocycles. The maximum Gasteiger partial charge on any atom is 0.240 e. The van der Waals surface area contributed by atoms with Gasteiger partial charge in [-0.1, -0.05) is 49.3 Å². The van der Waals surface area contributed by atoms with E-state index >= 15 is 0 Å². The predicted molar refractivity (Wildman–Crippen MR) is 88.6 cm³/mol. The van der Waals surface area contributed by atoms with Gasteiger partial charge in [0.1, 0.15) is 6.04 Å². The SMILES string of the molecule is CC(C)CC(NC(=O)CCc1nc(-c2ccccc2)no1)C(N)=O. The molecule has 0 fully saturated rings. The van der Waals surface area contributed by atoms with Crippen molar-refractivity contribution in [2.45, 2.75) is 39.2 Å². The monoisotopic (exact) mass is 330 g/mol. The van der Waals surface area contributed by atoms with Gasteiger partial charge in [-0.05, 0) is 12.3 Å². The average molecular weight is 330 g/mol. The molecule has 24 heavy (non-hydrogen) atoms. The number of aromatic nitrogens is 2. The fourth-order valence-corrected chi connectivity index (χ4v) is 2.27.